The van der Waals surface area contributed by atoms with Gasteiger partial charge in [0.2, 0.25) is 10.0 Å². The third-order valence-corrected chi connectivity index (χ3v) is 5.41. The molecule has 3 rings (SSSR count). The summed E-state index contributed by atoms with van der Waals surface area (Å²) in [6.07, 6.45) is 2.13. The summed E-state index contributed by atoms with van der Waals surface area (Å²) in [6, 6.07) is 5.08. The Morgan fingerprint density at radius 1 is 1.43 bits per heavy atom. The van der Waals surface area contributed by atoms with E-state index < -0.39 is 10.0 Å². The highest BCUT2D eigenvalue weighted by Crippen LogP contribution is 2.20. The minimum Gasteiger partial charge on any atom is -0.299 e. The average Bonchev–Trinajstić information content (AvgIpc) is 3.12. The number of likely N-dealkylation sites (N-methyl/N-ethyl adjacent to an activating group) is 1. The molecule has 1 aromatic carbocycles. The van der Waals surface area contributed by atoms with Gasteiger partial charge in [0.25, 0.3) is 0 Å². The number of nitrogens with one attached hydrogen (secondary N) is 1. The fraction of sp³-hybridized carbons (Fsp3) is 0.538. The van der Waals surface area contributed by atoms with Crippen molar-refractivity contribution in [1.82, 2.24) is 19.9 Å². The number of benzene rings is 1. The number of sulfonamides is 1. The number of likely N-dealkylation sites (tertiary alicyclic amines) is 1. The molecule has 1 aliphatic rings. The molecule has 7 nitrogen and oxygen atoms in total. The summed E-state index contributed by atoms with van der Waals surface area (Å²) in [5, 5.41) is 7.35. The van der Waals surface area contributed by atoms with Gasteiger partial charge in [-0.3, -0.25) is 4.90 Å². The molecule has 1 fully saturated rings. The maximum absolute atomic E-state index is 12.5. The van der Waals surface area contributed by atoms with Crippen molar-refractivity contribution in [3.05, 3.63) is 18.2 Å². The van der Waals surface area contributed by atoms with E-state index in [4.69, 9.17) is 0 Å². The number of aromatic nitrogens is 2. The first-order chi connectivity index (χ1) is 10.1. The van der Waals surface area contributed by atoms with E-state index >= 15 is 0 Å². The van der Waals surface area contributed by atoms with E-state index in [0.717, 1.165) is 25.9 Å². The van der Waals surface area contributed by atoms with Crippen molar-refractivity contribution in [3.8, 4) is 0 Å². The normalized spacial score (nSPS) is 20.3. The van der Waals surface area contributed by atoms with Crippen molar-refractivity contribution < 1.29 is 13.0 Å². The van der Waals surface area contributed by atoms with Gasteiger partial charge in [0.1, 0.15) is 10.4 Å². The topological polar surface area (TPSA) is 88.3 Å². The first-order valence-corrected chi connectivity index (χ1v) is 8.55. The summed E-state index contributed by atoms with van der Waals surface area (Å²) in [5.41, 5.74) is 0.706. The monoisotopic (exact) mass is 310 g/mol. The SMILES string of the molecule is CCN1CCCC1CNS(=O)(=O)c1cccc2nonc12. The molecule has 0 amide bonds. The number of fused-ring (bicyclic) bond motifs is 1. The lowest BCUT2D eigenvalue weighted by molar-refractivity contribution is 0.268. The molecular formula is C13H18N4O3S. The second-order valence-corrected chi connectivity index (χ2v) is 6.90. The molecule has 2 heterocycles. The van der Waals surface area contributed by atoms with Crippen molar-refractivity contribution >= 4 is 21.1 Å². The minimum atomic E-state index is -3.62. The Morgan fingerprint density at radius 2 is 2.29 bits per heavy atom. The summed E-state index contributed by atoms with van der Waals surface area (Å²) in [5.74, 6) is 0. The van der Waals surface area contributed by atoms with Crippen LogP contribution in [0.2, 0.25) is 0 Å². The smallest absolute Gasteiger partial charge is 0.242 e. The minimum absolute atomic E-state index is 0.113. The van der Waals surface area contributed by atoms with Gasteiger partial charge in [0.15, 0.2) is 5.52 Å². The molecule has 0 spiro atoms. The van der Waals surface area contributed by atoms with Crippen LogP contribution in [0.5, 0.6) is 0 Å². The van der Waals surface area contributed by atoms with Crippen molar-refractivity contribution in [2.75, 3.05) is 19.6 Å². The Labute approximate surface area is 123 Å². The van der Waals surface area contributed by atoms with Gasteiger partial charge < -0.3 is 0 Å². The second-order valence-electron chi connectivity index (χ2n) is 5.16. The van der Waals surface area contributed by atoms with E-state index in [1.54, 1.807) is 12.1 Å². The molecule has 1 N–H and O–H groups in total. The van der Waals surface area contributed by atoms with Crippen LogP contribution in [0.3, 0.4) is 0 Å². The van der Waals surface area contributed by atoms with E-state index in [1.807, 2.05) is 0 Å². The molecule has 21 heavy (non-hydrogen) atoms. The highest BCUT2D eigenvalue weighted by Gasteiger charge is 2.26. The maximum atomic E-state index is 12.5. The fourth-order valence-corrected chi connectivity index (χ4v) is 4.05. The zero-order valence-electron chi connectivity index (χ0n) is 11.8. The van der Waals surface area contributed by atoms with Crippen LogP contribution in [-0.2, 0) is 10.0 Å². The van der Waals surface area contributed by atoms with E-state index in [-0.39, 0.29) is 16.5 Å². The summed E-state index contributed by atoms with van der Waals surface area (Å²) in [7, 11) is -3.62. The summed E-state index contributed by atoms with van der Waals surface area (Å²) in [6.45, 7) is 4.48. The Morgan fingerprint density at radius 3 is 3.10 bits per heavy atom. The zero-order valence-corrected chi connectivity index (χ0v) is 12.6. The van der Waals surface area contributed by atoms with Crippen LogP contribution in [0.15, 0.2) is 27.7 Å². The number of nitrogens with zero attached hydrogens (tertiary/aromatic N) is 3. The second kappa shape index (κ2) is 5.70. The summed E-state index contributed by atoms with van der Waals surface area (Å²) >= 11 is 0. The Bertz CT molecular complexity index is 728. The number of rotatable bonds is 5. The molecule has 0 aliphatic carbocycles. The van der Waals surface area contributed by atoms with Crippen molar-refractivity contribution in [2.45, 2.75) is 30.7 Å². The molecule has 1 unspecified atom stereocenters. The molecular weight excluding hydrogens is 292 g/mol. The maximum Gasteiger partial charge on any atom is 0.242 e. The molecule has 1 aromatic heterocycles. The van der Waals surface area contributed by atoms with Gasteiger partial charge in [-0.1, -0.05) is 13.0 Å². The Balaban J connectivity index is 1.79. The lowest BCUT2D eigenvalue weighted by Crippen LogP contribution is -2.40. The third kappa shape index (κ3) is 2.78. The van der Waals surface area contributed by atoms with Gasteiger partial charge in [-0.2, -0.15) is 0 Å². The van der Waals surface area contributed by atoms with Crippen LogP contribution < -0.4 is 4.72 Å². The van der Waals surface area contributed by atoms with E-state index in [0.29, 0.717) is 12.1 Å². The van der Waals surface area contributed by atoms with Crippen LogP contribution in [0.1, 0.15) is 19.8 Å². The fourth-order valence-electron chi connectivity index (χ4n) is 2.82. The number of hydrogen-bond acceptors (Lipinski definition) is 6. The third-order valence-electron chi connectivity index (χ3n) is 3.95. The van der Waals surface area contributed by atoms with Gasteiger partial charge in [0.05, 0.1) is 0 Å². The lowest BCUT2D eigenvalue weighted by atomic mass is 10.2. The average molecular weight is 310 g/mol. The first kappa shape index (κ1) is 14.4. The van der Waals surface area contributed by atoms with Gasteiger partial charge in [-0.25, -0.2) is 17.8 Å². The lowest BCUT2D eigenvalue weighted by Gasteiger charge is -2.22. The quantitative estimate of drug-likeness (QED) is 0.886. The molecule has 2 aromatic rings. The highest BCUT2D eigenvalue weighted by molar-refractivity contribution is 7.89. The Hall–Kier alpha value is -1.51. The molecule has 1 atom stereocenters. The van der Waals surface area contributed by atoms with Crippen molar-refractivity contribution in [2.24, 2.45) is 0 Å². The molecule has 1 saturated heterocycles. The van der Waals surface area contributed by atoms with Crippen LogP contribution in [0.4, 0.5) is 0 Å². The molecule has 1 aliphatic heterocycles. The van der Waals surface area contributed by atoms with Crippen LogP contribution in [-0.4, -0.2) is 49.3 Å². The highest BCUT2D eigenvalue weighted by atomic mass is 32.2. The van der Waals surface area contributed by atoms with Gasteiger partial charge >= 0.3 is 0 Å². The standard InChI is InChI=1S/C13H18N4O3S/c1-2-17-8-4-5-10(17)9-14-21(18,19)12-7-3-6-11-13(12)16-20-15-11/h3,6-7,10,14H,2,4-5,8-9H2,1H3. The van der Waals surface area contributed by atoms with E-state index in [9.17, 15) is 8.42 Å². The van der Waals surface area contributed by atoms with Crippen molar-refractivity contribution in [1.29, 1.82) is 0 Å². The molecule has 8 heteroatoms. The van der Waals surface area contributed by atoms with E-state index in [2.05, 4.69) is 31.5 Å². The van der Waals surface area contributed by atoms with Crippen LogP contribution in [0, 0.1) is 0 Å². The van der Waals surface area contributed by atoms with Gasteiger partial charge in [-0.05, 0) is 48.4 Å². The van der Waals surface area contributed by atoms with Crippen LogP contribution >= 0.6 is 0 Å². The molecule has 0 bridgehead atoms. The van der Waals surface area contributed by atoms with Crippen LogP contribution in [0.25, 0.3) is 11.0 Å². The largest absolute Gasteiger partial charge is 0.299 e. The number of hydrogen-bond donors (Lipinski definition) is 1. The first-order valence-electron chi connectivity index (χ1n) is 7.07. The predicted octanol–water partition coefficient (Wildman–Crippen LogP) is 0.985. The summed E-state index contributed by atoms with van der Waals surface area (Å²) in [4.78, 5) is 2.41. The Kier molecular flexibility index (Phi) is 3.92. The van der Waals surface area contributed by atoms with E-state index in [1.165, 1.54) is 6.07 Å². The van der Waals surface area contributed by atoms with Gasteiger partial charge in [0, 0.05) is 12.6 Å². The van der Waals surface area contributed by atoms with Gasteiger partial charge in [-0.15, -0.1) is 0 Å². The summed E-state index contributed by atoms with van der Waals surface area (Å²) < 4.78 is 32.2. The molecule has 0 saturated carbocycles. The molecule has 114 valence electrons. The molecule has 0 radical (unpaired) electrons. The van der Waals surface area contributed by atoms with Crippen molar-refractivity contribution in [3.63, 3.8) is 0 Å². The zero-order chi connectivity index (χ0) is 14.9. The predicted molar refractivity (Wildman–Crippen MR) is 77.3 cm³/mol.